The van der Waals surface area contributed by atoms with Crippen LogP contribution in [0.3, 0.4) is 0 Å². The highest BCUT2D eigenvalue weighted by atomic mass is 16.5. The van der Waals surface area contributed by atoms with E-state index in [4.69, 9.17) is 9.47 Å². The SMILES string of the molecule is CCCC(NCC)c1ccn(CCCOCCOC)c1. The van der Waals surface area contributed by atoms with E-state index in [0.717, 1.165) is 26.1 Å². The van der Waals surface area contributed by atoms with Crippen LogP contribution in [0.15, 0.2) is 18.5 Å². The molecule has 0 saturated heterocycles. The van der Waals surface area contributed by atoms with Gasteiger partial charge >= 0.3 is 0 Å². The molecule has 1 aromatic heterocycles. The Balaban J connectivity index is 2.30. The summed E-state index contributed by atoms with van der Waals surface area (Å²) in [5, 5.41) is 3.55. The first-order valence-electron chi connectivity index (χ1n) is 7.77. The minimum atomic E-state index is 0.490. The van der Waals surface area contributed by atoms with Crippen molar-refractivity contribution in [2.75, 3.05) is 33.5 Å². The molecule has 20 heavy (non-hydrogen) atoms. The van der Waals surface area contributed by atoms with Crippen molar-refractivity contribution in [2.45, 2.75) is 45.7 Å². The molecular weight excluding hydrogens is 252 g/mol. The van der Waals surface area contributed by atoms with Gasteiger partial charge in [-0.1, -0.05) is 20.3 Å². The maximum Gasteiger partial charge on any atom is 0.0700 e. The first-order valence-corrected chi connectivity index (χ1v) is 7.77. The third-order valence-corrected chi connectivity index (χ3v) is 3.34. The minimum absolute atomic E-state index is 0.490. The summed E-state index contributed by atoms with van der Waals surface area (Å²) in [7, 11) is 1.70. The molecule has 1 atom stereocenters. The minimum Gasteiger partial charge on any atom is -0.382 e. The van der Waals surface area contributed by atoms with Crippen LogP contribution in [0.2, 0.25) is 0 Å². The Hall–Kier alpha value is -0.840. The highest BCUT2D eigenvalue weighted by Crippen LogP contribution is 2.18. The highest BCUT2D eigenvalue weighted by molar-refractivity contribution is 5.15. The molecule has 4 nitrogen and oxygen atoms in total. The van der Waals surface area contributed by atoms with E-state index in [9.17, 15) is 0 Å². The molecule has 0 aliphatic rings. The molecule has 1 N–H and O–H groups in total. The zero-order valence-corrected chi connectivity index (χ0v) is 13.2. The molecule has 0 aromatic carbocycles. The van der Waals surface area contributed by atoms with E-state index in [2.05, 4.69) is 42.2 Å². The lowest BCUT2D eigenvalue weighted by Crippen LogP contribution is -2.20. The van der Waals surface area contributed by atoms with E-state index in [1.165, 1.54) is 18.4 Å². The van der Waals surface area contributed by atoms with Crippen molar-refractivity contribution in [3.8, 4) is 0 Å². The Labute approximate surface area is 123 Å². The van der Waals surface area contributed by atoms with Gasteiger partial charge in [0.05, 0.1) is 13.2 Å². The quantitative estimate of drug-likeness (QED) is 0.599. The molecule has 0 spiro atoms. The average molecular weight is 282 g/mol. The zero-order valence-electron chi connectivity index (χ0n) is 13.2. The molecule has 1 rings (SSSR count). The lowest BCUT2D eigenvalue weighted by molar-refractivity contribution is 0.0680. The maximum atomic E-state index is 5.48. The topological polar surface area (TPSA) is 35.4 Å². The summed E-state index contributed by atoms with van der Waals surface area (Å²) in [5.41, 5.74) is 1.40. The number of aromatic nitrogens is 1. The molecule has 116 valence electrons. The second-order valence-corrected chi connectivity index (χ2v) is 5.04. The predicted molar refractivity (Wildman–Crippen MR) is 83.1 cm³/mol. The summed E-state index contributed by atoms with van der Waals surface area (Å²) >= 11 is 0. The van der Waals surface area contributed by atoms with Gasteiger partial charge in [0.25, 0.3) is 0 Å². The summed E-state index contributed by atoms with van der Waals surface area (Å²) < 4.78 is 12.7. The summed E-state index contributed by atoms with van der Waals surface area (Å²) in [6.07, 6.45) is 7.87. The van der Waals surface area contributed by atoms with Gasteiger partial charge in [-0.25, -0.2) is 0 Å². The van der Waals surface area contributed by atoms with Crippen LogP contribution in [0.4, 0.5) is 0 Å². The summed E-state index contributed by atoms with van der Waals surface area (Å²) in [4.78, 5) is 0. The Kier molecular flexibility index (Phi) is 9.37. The van der Waals surface area contributed by atoms with Crippen molar-refractivity contribution < 1.29 is 9.47 Å². The standard InChI is InChI=1S/C16H30N2O2/c1-4-7-16(17-5-2)15-8-10-18(14-15)9-6-11-20-13-12-19-3/h8,10,14,16-17H,4-7,9,11-13H2,1-3H3. The van der Waals surface area contributed by atoms with Gasteiger partial charge in [0.15, 0.2) is 0 Å². The molecule has 0 fully saturated rings. The molecule has 0 saturated carbocycles. The van der Waals surface area contributed by atoms with Crippen molar-refractivity contribution in [1.29, 1.82) is 0 Å². The average Bonchev–Trinajstić information content (AvgIpc) is 2.91. The highest BCUT2D eigenvalue weighted by Gasteiger charge is 2.10. The molecule has 1 aromatic rings. The van der Waals surface area contributed by atoms with Crippen molar-refractivity contribution in [3.63, 3.8) is 0 Å². The first-order chi connectivity index (χ1) is 9.81. The molecule has 0 radical (unpaired) electrons. The second-order valence-electron chi connectivity index (χ2n) is 5.04. The largest absolute Gasteiger partial charge is 0.382 e. The van der Waals surface area contributed by atoms with Gasteiger partial charge in [-0.2, -0.15) is 0 Å². The second kappa shape index (κ2) is 10.9. The third kappa shape index (κ3) is 6.55. The van der Waals surface area contributed by atoms with E-state index >= 15 is 0 Å². The number of methoxy groups -OCH3 is 1. The number of rotatable bonds is 12. The van der Waals surface area contributed by atoms with Gasteiger partial charge in [-0.05, 0) is 31.0 Å². The molecule has 0 aliphatic carbocycles. The fourth-order valence-corrected chi connectivity index (χ4v) is 2.32. The van der Waals surface area contributed by atoms with Gasteiger partial charge in [-0.3, -0.25) is 0 Å². The number of hydrogen-bond acceptors (Lipinski definition) is 3. The first kappa shape index (κ1) is 17.2. The molecule has 1 unspecified atom stereocenters. The molecule has 0 aliphatic heterocycles. The smallest absolute Gasteiger partial charge is 0.0700 e. The molecular formula is C16H30N2O2. The van der Waals surface area contributed by atoms with Gasteiger partial charge < -0.3 is 19.4 Å². The van der Waals surface area contributed by atoms with Crippen molar-refractivity contribution in [2.24, 2.45) is 0 Å². The monoisotopic (exact) mass is 282 g/mol. The lowest BCUT2D eigenvalue weighted by Gasteiger charge is -2.15. The van der Waals surface area contributed by atoms with Crippen LogP contribution in [0.25, 0.3) is 0 Å². The van der Waals surface area contributed by atoms with Crippen LogP contribution in [-0.4, -0.2) is 38.0 Å². The number of nitrogens with one attached hydrogen (secondary N) is 1. The maximum absolute atomic E-state index is 5.48. The number of nitrogens with zero attached hydrogens (tertiary/aromatic N) is 1. The van der Waals surface area contributed by atoms with Crippen LogP contribution in [0, 0.1) is 0 Å². The van der Waals surface area contributed by atoms with Crippen molar-refractivity contribution in [1.82, 2.24) is 9.88 Å². The Bertz CT molecular complexity index is 333. The van der Waals surface area contributed by atoms with Crippen LogP contribution in [-0.2, 0) is 16.0 Å². The number of ether oxygens (including phenoxy) is 2. The summed E-state index contributed by atoms with van der Waals surface area (Å²) in [6.45, 7) is 8.58. The van der Waals surface area contributed by atoms with Crippen molar-refractivity contribution >= 4 is 0 Å². The van der Waals surface area contributed by atoms with Crippen LogP contribution in [0.1, 0.15) is 44.7 Å². The van der Waals surface area contributed by atoms with E-state index < -0.39 is 0 Å². The zero-order chi connectivity index (χ0) is 14.6. The molecule has 0 bridgehead atoms. The van der Waals surface area contributed by atoms with Crippen LogP contribution < -0.4 is 5.32 Å². The van der Waals surface area contributed by atoms with Gasteiger partial charge in [-0.15, -0.1) is 0 Å². The van der Waals surface area contributed by atoms with Gasteiger partial charge in [0.1, 0.15) is 0 Å². The summed E-state index contributed by atoms with van der Waals surface area (Å²) in [5.74, 6) is 0. The van der Waals surface area contributed by atoms with Gasteiger partial charge in [0, 0.05) is 38.7 Å². The predicted octanol–water partition coefficient (Wildman–Crippen LogP) is 2.99. The fourth-order valence-electron chi connectivity index (χ4n) is 2.32. The van der Waals surface area contributed by atoms with E-state index in [0.29, 0.717) is 19.3 Å². The Morgan fingerprint density at radius 3 is 2.80 bits per heavy atom. The van der Waals surface area contributed by atoms with E-state index in [-0.39, 0.29) is 0 Å². The normalized spacial score (nSPS) is 12.8. The molecule has 4 heteroatoms. The Morgan fingerprint density at radius 2 is 2.10 bits per heavy atom. The fraction of sp³-hybridized carbons (Fsp3) is 0.750. The number of hydrogen-bond donors (Lipinski definition) is 1. The van der Waals surface area contributed by atoms with Gasteiger partial charge in [0.2, 0.25) is 0 Å². The third-order valence-electron chi connectivity index (χ3n) is 3.34. The van der Waals surface area contributed by atoms with Crippen molar-refractivity contribution in [3.05, 3.63) is 24.0 Å². The van der Waals surface area contributed by atoms with Crippen LogP contribution >= 0.6 is 0 Å². The van der Waals surface area contributed by atoms with Crippen LogP contribution in [0.5, 0.6) is 0 Å². The molecule has 0 amide bonds. The van der Waals surface area contributed by atoms with E-state index in [1.54, 1.807) is 7.11 Å². The lowest BCUT2D eigenvalue weighted by atomic mass is 10.1. The summed E-state index contributed by atoms with van der Waals surface area (Å²) in [6, 6.07) is 2.72. The number of aryl methyl sites for hydroxylation is 1. The van der Waals surface area contributed by atoms with E-state index in [1.807, 2.05) is 0 Å². The molecule has 1 heterocycles. The Morgan fingerprint density at radius 1 is 1.25 bits per heavy atom.